The molecule has 0 saturated heterocycles. The summed E-state index contributed by atoms with van der Waals surface area (Å²) in [5.74, 6) is -0.811. The summed E-state index contributed by atoms with van der Waals surface area (Å²) < 4.78 is 18.2. The van der Waals surface area contributed by atoms with E-state index in [9.17, 15) is 9.18 Å². The number of methoxy groups -OCH3 is 1. The van der Waals surface area contributed by atoms with Crippen LogP contribution in [0.2, 0.25) is 5.02 Å². The predicted molar refractivity (Wildman–Crippen MR) is 80.9 cm³/mol. The average molecular weight is 307 g/mol. The minimum atomic E-state index is -0.850. The SMILES string of the molecule is COC(=O)C(C)(Cc1ccc(F)c(Cl)c1)c1ccccc1. The van der Waals surface area contributed by atoms with Crippen LogP contribution in [-0.4, -0.2) is 13.1 Å². The van der Waals surface area contributed by atoms with Gasteiger partial charge in [-0.2, -0.15) is 0 Å². The summed E-state index contributed by atoms with van der Waals surface area (Å²) >= 11 is 5.81. The Morgan fingerprint density at radius 1 is 1.24 bits per heavy atom. The van der Waals surface area contributed by atoms with Crippen LogP contribution in [0.4, 0.5) is 4.39 Å². The zero-order valence-electron chi connectivity index (χ0n) is 11.9. The van der Waals surface area contributed by atoms with Crippen LogP contribution >= 0.6 is 11.6 Å². The van der Waals surface area contributed by atoms with Gasteiger partial charge in [0.25, 0.3) is 0 Å². The molecule has 0 spiro atoms. The molecule has 2 aromatic carbocycles. The number of ether oxygens (including phenoxy) is 1. The Morgan fingerprint density at radius 2 is 1.90 bits per heavy atom. The van der Waals surface area contributed by atoms with Crippen molar-refractivity contribution in [1.29, 1.82) is 0 Å². The molecule has 110 valence electrons. The lowest BCUT2D eigenvalue weighted by molar-refractivity contribution is -0.146. The normalized spacial score (nSPS) is 13.5. The van der Waals surface area contributed by atoms with Gasteiger partial charge in [-0.1, -0.05) is 48.0 Å². The second-order valence-electron chi connectivity index (χ2n) is 5.11. The van der Waals surface area contributed by atoms with Gasteiger partial charge in [0, 0.05) is 0 Å². The maximum absolute atomic E-state index is 13.3. The number of esters is 1. The largest absolute Gasteiger partial charge is 0.468 e. The van der Waals surface area contributed by atoms with Gasteiger partial charge in [0.2, 0.25) is 0 Å². The Hall–Kier alpha value is -1.87. The molecule has 0 amide bonds. The van der Waals surface area contributed by atoms with Crippen LogP contribution in [0, 0.1) is 5.82 Å². The number of hydrogen-bond acceptors (Lipinski definition) is 2. The zero-order chi connectivity index (χ0) is 15.5. The third kappa shape index (κ3) is 3.24. The van der Waals surface area contributed by atoms with E-state index < -0.39 is 11.2 Å². The highest BCUT2D eigenvalue weighted by molar-refractivity contribution is 6.30. The Kier molecular flexibility index (Phi) is 4.63. The third-order valence-electron chi connectivity index (χ3n) is 3.59. The van der Waals surface area contributed by atoms with Crippen molar-refractivity contribution in [3.05, 3.63) is 70.5 Å². The van der Waals surface area contributed by atoms with Crippen molar-refractivity contribution in [3.63, 3.8) is 0 Å². The fraction of sp³-hybridized carbons (Fsp3) is 0.235. The first-order valence-corrected chi connectivity index (χ1v) is 6.93. The molecule has 0 radical (unpaired) electrons. The highest BCUT2D eigenvalue weighted by Gasteiger charge is 2.36. The molecule has 0 aliphatic carbocycles. The van der Waals surface area contributed by atoms with Crippen molar-refractivity contribution < 1.29 is 13.9 Å². The fourth-order valence-corrected chi connectivity index (χ4v) is 2.58. The van der Waals surface area contributed by atoms with E-state index in [1.54, 1.807) is 12.1 Å². The first-order valence-electron chi connectivity index (χ1n) is 6.55. The van der Waals surface area contributed by atoms with Crippen LogP contribution in [0.15, 0.2) is 48.5 Å². The van der Waals surface area contributed by atoms with Gasteiger partial charge in [-0.15, -0.1) is 0 Å². The van der Waals surface area contributed by atoms with Crippen LogP contribution in [0.3, 0.4) is 0 Å². The monoisotopic (exact) mass is 306 g/mol. The Balaban J connectivity index is 2.41. The summed E-state index contributed by atoms with van der Waals surface area (Å²) in [5.41, 5.74) is 0.771. The molecule has 21 heavy (non-hydrogen) atoms. The summed E-state index contributed by atoms with van der Waals surface area (Å²) in [4.78, 5) is 12.3. The molecule has 2 aromatic rings. The van der Waals surface area contributed by atoms with Gasteiger partial charge in [-0.05, 0) is 36.6 Å². The Bertz CT molecular complexity index is 642. The second-order valence-corrected chi connectivity index (χ2v) is 5.52. The third-order valence-corrected chi connectivity index (χ3v) is 3.88. The molecule has 2 nitrogen and oxygen atoms in total. The molecule has 0 bridgehead atoms. The van der Waals surface area contributed by atoms with Crippen molar-refractivity contribution in [2.45, 2.75) is 18.8 Å². The molecule has 0 aliphatic rings. The molecule has 0 aromatic heterocycles. The molecule has 0 fully saturated rings. The molecule has 1 unspecified atom stereocenters. The Labute approximate surface area is 128 Å². The Morgan fingerprint density at radius 3 is 2.48 bits per heavy atom. The maximum atomic E-state index is 13.3. The van der Waals surface area contributed by atoms with Gasteiger partial charge in [0.15, 0.2) is 0 Å². The highest BCUT2D eigenvalue weighted by atomic mass is 35.5. The van der Waals surface area contributed by atoms with Crippen LogP contribution < -0.4 is 0 Å². The van der Waals surface area contributed by atoms with E-state index in [0.717, 1.165) is 11.1 Å². The zero-order valence-corrected chi connectivity index (χ0v) is 12.7. The molecular weight excluding hydrogens is 291 g/mol. The van der Waals surface area contributed by atoms with Gasteiger partial charge < -0.3 is 4.74 Å². The van der Waals surface area contributed by atoms with Gasteiger partial charge in [0.1, 0.15) is 5.82 Å². The smallest absolute Gasteiger partial charge is 0.316 e. The van der Waals surface area contributed by atoms with Gasteiger partial charge in [0.05, 0.1) is 17.5 Å². The van der Waals surface area contributed by atoms with E-state index in [1.165, 1.54) is 13.2 Å². The average Bonchev–Trinajstić information content (AvgIpc) is 2.51. The fourth-order valence-electron chi connectivity index (χ4n) is 2.38. The molecule has 0 N–H and O–H groups in total. The lowest BCUT2D eigenvalue weighted by atomic mass is 9.77. The minimum absolute atomic E-state index is 0.0489. The molecule has 1 atom stereocenters. The molecule has 0 saturated carbocycles. The van der Waals surface area contributed by atoms with Crippen molar-refractivity contribution in [3.8, 4) is 0 Å². The summed E-state index contributed by atoms with van der Waals surface area (Å²) in [6.45, 7) is 1.81. The van der Waals surface area contributed by atoms with Gasteiger partial charge >= 0.3 is 5.97 Å². The first-order chi connectivity index (χ1) is 9.97. The molecule has 2 rings (SSSR count). The molecule has 0 aliphatic heterocycles. The van der Waals surface area contributed by atoms with Crippen LogP contribution in [0.25, 0.3) is 0 Å². The van der Waals surface area contributed by atoms with Crippen molar-refractivity contribution >= 4 is 17.6 Å². The van der Waals surface area contributed by atoms with E-state index in [2.05, 4.69) is 0 Å². The standard InChI is InChI=1S/C17H16ClFO2/c1-17(16(20)21-2,13-6-4-3-5-7-13)11-12-8-9-15(19)14(18)10-12/h3-10H,11H2,1-2H3. The number of rotatable bonds is 4. The quantitative estimate of drug-likeness (QED) is 0.793. The van der Waals surface area contributed by atoms with Crippen molar-refractivity contribution in [2.24, 2.45) is 0 Å². The van der Waals surface area contributed by atoms with Crippen LogP contribution in [0.1, 0.15) is 18.1 Å². The van der Waals surface area contributed by atoms with Crippen molar-refractivity contribution in [2.75, 3.05) is 7.11 Å². The van der Waals surface area contributed by atoms with Gasteiger partial charge in [-0.25, -0.2) is 4.39 Å². The molecular formula is C17H16ClFO2. The van der Waals surface area contributed by atoms with E-state index in [1.807, 2.05) is 37.3 Å². The number of hydrogen-bond donors (Lipinski definition) is 0. The summed E-state index contributed by atoms with van der Waals surface area (Å²) in [6, 6.07) is 13.9. The number of carbonyl (C=O) groups excluding carboxylic acids is 1. The molecule has 0 heterocycles. The summed E-state index contributed by atoms with van der Waals surface area (Å²) in [5, 5.41) is 0.0489. The predicted octanol–water partition coefficient (Wildman–Crippen LogP) is 4.15. The van der Waals surface area contributed by atoms with E-state index in [4.69, 9.17) is 16.3 Å². The van der Waals surface area contributed by atoms with Crippen molar-refractivity contribution in [1.82, 2.24) is 0 Å². The first kappa shape index (κ1) is 15.5. The number of carbonyl (C=O) groups is 1. The topological polar surface area (TPSA) is 26.3 Å². The van der Waals surface area contributed by atoms with E-state index in [0.29, 0.717) is 6.42 Å². The van der Waals surface area contributed by atoms with Crippen LogP contribution in [0.5, 0.6) is 0 Å². The summed E-state index contributed by atoms with van der Waals surface area (Å²) in [6.07, 6.45) is 0.379. The van der Waals surface area contributed by atoms with E-state index >= 15 is 0 Å². The van der Waals surface area contributed by atoms with E-state index in [-0.39, 0.29) is 11.0 Å². The number of benzene rings is 2. The lowest BCUT2D eigenvalue weighted by Gasteiger charge is -2.27. The van der Waals surface area contributed by atoms with Crippen LogP contribution in [-0.2, 0) is 21.4 Å². The maximum Gasteiger partial charge on any atom is 0.316 e. The highest BCUT2D eigenvalue weighted by Crippen LogP contribution is 2.30. The summed E-state index contributed by atoms with van der Waals surface area (Å²) in [7, 11) is 1.36. The lowest BCUT2D eigenvalue weighted by Crippen LogP contribution is -2.36. The molecule has 4 heteroatoms. The minimum Gasteiger partial charge on any atom is -0.468 e. The number of halogens is 2. The van der Waals surface area contributed by atoms with Gasteiger partial charge in [-0.3, -0.25) is 4.79 Å². The second kappa shape index (κ2) is 6.27.